The third-order valence-corrected chi connectivity index (χ3v) is 1.23. The Morgan fingerprint density at radius 2 is 2.00 bits per heavy atom. The quantitative estimate of drug-likeness (QED) is 0.182. The maximum Gasteiger partial charge on any atom is 1.00 e. The molecule has 0 spiro atoms. The van der Waals surface area contributed by atoms with Crippen LogP contribution in [0.5, 0.6) is 0 Å². The van der Waals surface area contributed by atoms with E-state index in [2.05, 4.69) is 17.4 Å². The van der Waals surface area contributed by atoms with Gasteiger partial charge in [0.05, 0.1) is 12.2 Å². The zero-order chi connectivity index (χ0) is 8.85. The molecule has 0 aromatic heterocycles. The van der Waals surface area contributed by atoms with Crippen LogP contribution in [0.1, 0.15) is 13.8 Å². The first kappa shape index (κ1) is 14.4. The van der Waals surface area contributed by atoms with E-state index in [-0.39, 0.29) is 40.3 Å². The summed E-state index contributed by atoms with van der Waals surface area (Å²) in [6.07, 6.45) is 0. The minimum Gasteiger partial charge on any atom is -0.786 e. The van der Waals surface area contributed by atoms with Crippen LogP contribution in [0.15, 0.2) is 11.0 Å². The molecule has 0 radical (unpaired) electrons. The number of rotatable bonds is 3. The predicted octanol–water partition coefficient (Wildman–Crippen LogP) is 0.567. The van der Waals surface area contributed by atoms with Gasteiger partial charge in [-0.1, -0.05) is 0 Å². The summed E-state index contributed by atoms with van der Waals surface area (Å²) in [6, 6.07) is 0. The molecular formula is C7H9AuO3S. The van der Waals surface area contributed by atoms with Crippen molar-refractivity contribution >= 4 is 24.4 Å². The first-order valence-corrected chi connectivity index (χ1v) is 3.60. The maximum absolute atomic E-state index is 10.8. The molecule has 0 aliphatic carbocycles. The van der Waals surface area contributed by atoms with Crippen molar-refractivity contribution in [2.45, 2.75) is 13.8 Å². The van der Waals surface area contributed by atoms with E-state index in [1.165, 1.54) is 6.92 Å². The monoisotopic (exact) mass is 370 g/mol. The molecule has 0 saturated heterocycles. The van der Waals surface area contributed by atoms with E-state index >= 15 is 0 Å². The standard InChI is InChI=1S/C7H10O3S.Au/c1-3-10-7(9)6(4-11)5(2)8;/h4,11H,3H2,1-2H3;/q;+1/p-1/b6-4-;. The molecule has 0 unspecified atom stereocenters. The normalized spacial score (nSPS) is 10.0. The first-order chi connectivity index (χ1) is 5.13. The van der Waals surface area contributed by atoms with Crippen LogP contribution in [0.2, 0.25) is 0 Å². The number of Topliss-reactive ketones (excluding diaryl/α,β-unsaturated/α-hetero) is 1. The van der Waals surface area contributed by atoms with E-state index < -0.39 is 5.97 Å². The van der Waals surface area contributed by atoms with E-state index in [0.29, 0.717) is 0 Å². The molecule has 0 aliphatic heterocycles. The number of ether oxygens (including phenoxy) is 1. The van der Waals surface area contributed by atoms with Crippen molar-refractivity contribution in [3.8, 4) is 0 Å². The molecule has 0 aromatic rings. The molecule has 5 heteroatoms. The summed E-state index contributed by atoms with van der Waals surface area (Å²) in [7, 11) is 0. The number of esters is 1. The van der Waals surface area contributed by atoms with Crippen LogP contribution >= 0.6 is 0 Å². The minimum atomic E-state index is -0.644. The van der Waals surface area contributed by atoms with Crippen molar-refractivity contribution in [1.29, 1.82) is 0 Å². The van der Waals surface area contributed by atoms with E-state index in [4.69, 9.17) is 0 Å². The average Bonchev–Trinajstić information content (AvgIpc) is 1.88. The number of hydrogen-bond donors (Lipinski definition) is 0. The van der Waals surface area contributed by atoms with Gasteiger partial charge >= 0.3 is 28.3 Å². The largest absolute Gasteiger partial charge is 1.00 e. The molecule has 0 rings (SSSR count). The molecule has 0 saturated carbocycles. The minimum absolute atomic E-state index is 0. The van der Waals surface area contributed by atoms with Crippen LogP contribution in [-0.2, 0) is 49.3 Å². The van der Waals surface area contributed by atoms with Gasteiger partial charge in [0.15, 0.2) is 5.78 Å². The van der Waals surface area contributed by atoms with Gasteiger partial charge in [-0.3, -0.25) is 4.79 Å². The fourth-order valence-corrected chi connectivity index (χ4v) is 0.746. The second-order valence-electron chi connectivity index (χ2n) is 1.81. The van der Waals surface area contributed by atoms with E-state index in [1.807, 2.05) is 0 Å². The zero-order valence-electron chi connectivity index (χ0n) is 6.72. The molecule has 3 nitrogen and oxygen atoms in total. The molecule has 0 heterocycles. The Morgan fingerprint density at radius 1 is 1.50 bits per heavy atom. The Balaban J connectivity index is 0. The van der Waals surface area contributed by atoms with Crippen molar-refractivity contribution in [1.82, 2.24) is 0 Å². The molecular weight excluding hydrogens is 361 g/mol. The van der Waals surface area contributed by atoms with E-state index in [1.54, 1.807) is 6.92 Å². The zero-order valence-corrected chi connectivity index (χ0v) is 9.70. The van der Waals surface area contributed by atoms with Gasteiger partial charge < -0.3 is 17.4 Å². The van der Waals surface area contributed by atoms with E-state index in [9.17, 15) is 9.59 Å². The summed E-state index contributed by atoms with van der Waals surface area (Å²) < 4.78 is 4.56. The molecule has 0 aliphatic rings. The van der Waals surface area contributed by atoms with Crippen LogP contribution in [0, 0.1) is 0 Å². The number of ketones is 1. The molecule has 0 fully saturated rings. The van der Waals surface area contributed by atoms with E-state index in [0.717, 1.165) is 5.41 Å². The fourth-order valence-electron chi connectivity index (χ4n) is 0.484. The maximum atomic E-state index is 10.8. The third-order valence-electron chi connectivity index (χ3n) is 0.992. The summed E-state index contributed by atoms with van der Waals surface area (Å²) in [5.74, 6) is -1.01. The molecule has 72 valence electrons. The summed E-state index contributed by atoms with van der Waals surface area (Å²) in [5, 5.41) is 1.04. The predicted molar refractivity (Wildman–Crippen MR) is 42.8 cm³/mol. The van der Waals surface area contributed by atoms with Crippen molar-refractivity contribution in [2.24, 2.45) is 0 Å². The van der Waals surface area contributed by atoms with Crippen molar-refractivity contribution < 1.29 is 36.7 Å². The summed E-state index contributed by atoms with van der Waals surface area (Å²) >= 11 is 4.46. The third kappa shape index (κ3) is 4.66. The van der Waals surface area contributed by atoms with Crippen molar-refractivity contribution in [3.63, 3.8) is 0 Å². The number of hydrogen-bond acceptors (Lipinski definition) is 4. The van der Waals surface area contributed by atoms with Gasteiger partial charge in [-0.05, 0) is 13.8 Å². The molecule has 0 aromatic carbocycles. The summed E-state index contributed by atoms with van der Waals surface area (Å²) in [6.45, 7) is 3.19. The van der Waals surface area contributed by atoms with Gasteiger partial charge in [-0.15, -0.1) is 0 Å². The second-order valence-corrected chi connectivity index (χ2v) is 2.04. The Labute approximate surface area is 92.5 Å². The number of carbonyl (C=O) groups is 2. The van der Waals surface area contributed by atoms with Gasteiger partial charge in [0, 0.05) is 0 Å². The Hall–Kier alpha value is -0.160. The topological polar surface area (TPSA) is 43.4 Å². The molecule has 0 N–H and O–H groups in total. The van der Waals surface area contributed by atoms with Crippen molar-refractivity contribution in [3.05, 3.63) is 11.0 Å². The number of carbonyl (C=O) groups excluding carboxylic acids is 2. The van der Waals surface area contributed by atoms with Crippen molar-refractivity contribution in [2.75, 3.05) is 6.61 Å². The van der Waals surface area contributed by atoms with Gasteiger partial charge in [-0.2, -0.15) is 5.41 Å². The SMILES string of the molecule is CCOC(=O)/C(=C\[S-])C(C)=O.[Au+]. The summed E-state index contributed by atoms with van der Waals surface area (Å²) in [5.41, 5.74) is -0.0677. The average molecular weight is 370 g/mol. The fraction of sp³-hybridized carbons (Fsp3) is 0.429. The molecule has 0 atom stereocenters. The molecule has 0 bridgehead atoms. The van der Waals surface area contributed by atoms with Crippen LogP contribution in [0.3, 0.4) is 0 Å². The first-order valence-electron chi connectivity index (χ1n) is 3.13. The van der Waals surface area contributed by atoms with Gasteiger partial charge in [-0.25, -0.2) is 4.79 Å². The smallest absolute Gasteiger partial charge is 0.786 e. The Bertz CT molecular complexity index is 201. The van der Waals surface area contributed by atoms with Crippen LogP contribution in [-0.4, -0.2) is 18.4 Å². The Kier molecular flexibility index (Phi) is 8.97. The van der Waals surface area contributed by atoms with Gasteiger partial charge in [0.25, 0.3) is 0 Å². The van der Waals surface area contributed by atoms with Crippen LogP contribution in [0.4, 0.5) is 0 Å². The Morgan fingerprint density at radius 3 is 2.25 bits per heavy atom. The van der Waals surface area contributed by atoms with Crippen LogP contribution < -0.4 is 0 Å². The van der Waals surface area contributed by atoms with Gasteiger partial charge in [0.1, 0.15) is 0 Å². The molecule has 12 heavy (non-hydrogen) atoms. The molecule has 0 amide bonds. The van der Waals surface area contributed by atoms with Crippen LogP contribution in [0.25, 0.3) is 0 Å². The van der Waals surface area contributed by atoms with Gasteiger partial charge in [0.2, 0.25) is 0 Å². The summed E-state index contributed by atoms with van der Waals surface area (Å²) in [4.78, 5) is 21.5. The second kappa shape index (κ2) is 7.49.